The van der Waals surface area contributed by atoms with E-state index in [-0.39, 0.29) is 5.25 Å². The van der Waals surface area contributed by atoms with Crippen molar-refractivity contribution < 1.29 is 0 Å². The predicted octanol–water partition coefficient (Wildman–Crippen LogP) is 6.79. The maximum Gasteiger partial charge on any atom is 0.196 e. The van der Waals surface area contributed by atoms with Gasteiger partial charge in [0.1, 0.15) is 11.0 Å². The van der Waals surface area contributed by atoms with E-state index in [4.69, 9.17) is 23.2 Å². The molecule has 0 amide bonds. The summed E-state index contributed by atoms with van der Waals surface area (Å²) >= 11 is 13.9. The van der Waals surface area contributed by atoms with Crippen molar-refractivity contribution in [2.45, 2.75) is 29.2 Å². The molecule has 0 N–H and O–H groups in total. The first-order valence-electron chi connectivity index (χ1n) is 10.8. The van der Waals surface area contributed by atoms with Crippen molar-refractivity contribution in [1.29, 1.82) is 0 Å². The largest absolute Gasteiger partial charge is 0.378 e. The standard InChI is InChI=1S/C25H23Cl2N5S/c1-31(2)20-10-12-21(13-11-20)32-24(17-3-4-17)29-30-25(32)33-23(16-5-8-19(26)9-6-16)18-7-14-22(27)28-15-18/h5-15,17,23H,3-4H2,1-2H3. The molecule has 0 bridgehead atoms. The summed E-state index contributed by atoms with van der Waals surface area (Å²) in [6.07, 6.45) is 4.13. The fourth-order valence-corrected chi connectivity index (χ4v) is 5.13. The van der Waals surface area contributed by atoms with Crippen LogP contribution in [0.3, 0.4) is 0 Å². The molecule has 33 heavy (non-hydrogen) atoms. The first-order chi connectivity index (χ1) is 16.0. The second kappa shape index (κ2) is 9.37. The SMILES string of the molecule is CN(C)c1ccc(-n2c(SC(c3ccc(Cl)cc3)c3ccc(Cl)nc3)nnc2C2CC2)cc1. The van der Waals surface area contributed by atoms with Gasteiger partial charge in [0.15, 0.2) is 5.16 Å². The molecular weight excluding hydrogens is 473 g/mol. The average Bonchev–Trinajstić information content (AvgIpc) is 3.58. The third kappa shape index (κ3) is 4.88. The van der Waals surface area contributed by atoms with E-state index in [1.165, 1.54) is 0 Å². The highest BCUT2D eigenvalue weighted by molar-refractivity contribution is 7.99. The summed E-state index contributed by atoms with van der Waals surface area (Å²) in [5, 5.41) is 11.2. The Hall–Kier alpha value is -2.54. The maximum atomic E-state index is 6.16. The van der Waals surface area contributed by atoms with E-state index in [9.17, 15) is 0 Å². The quantitative estimate of drug-likeness (QED) is 0.208. The normalized spacial score (nSPS) is 14.3. The van der Waals surface area contributed by atoms with Crippen LogP contribution >= 0.6 is 35.0 Å². The highest BCUT2D eigenvalue weighted by Gasteiger charge is 2.32. The van der Waals surface area contributed by atoms with Crippen LogP contribution in [0.1, 0.15) is 41.0 Å². The third-order valence-corrected chi connectivity index (χ3v) is 7.40. The molecule has 4 aromatic rings. The van der Waals surface area contributed by atoms with Gasteiger partial charge in [-0.3, -0.25) is 4.57 Å². The molecule has 1 fully saturated rings. The van der Waals surface area contributed by atoms with E-state index < -0.39 is 0 Å². The summed E-state index contributed by atoms with van der Waals surface area (Å²) in [6.45, 7) is 0. The summed E-state index contributed by atoms with van der Waals surface area (Å²) in [7, 11) is 4.09. The number of anilines is 1. The van der Waals surface area contributed by atoms with Crippen molar-refractivity contribution >= 4 is 40.7 Å². The third-order valence-electron chi connectivity index (χ3n) is 5.67. The average molecular weight is 496 g/mol. The second-order valence-electron chi connectivity index (χ2n) is 8.32. The molecule has 1 aliphatic rings. The van der Waals surface area contributed by atoms with Crippen LogP contribution in [0.5, 0.6) is 0 Å². The van der Waals surface area contributed by atoms with Gasteiger partial charge in [-0.05, 0) is 66.4 Å². The molecule has 0 radical (unpaired) electrons. The molecule has 0 saturated heterocycles. The molecule has 5 rings (SSSR count). The Morgan fingerprint density at radius 3 is 2.21 bits per heavy atom. The number of halogens is 2. The van der Waals surface area contributed by atoms with E-state index in [0.717, 1.165) is 46.3 Å². The summed E-state index contributed by atoms with van der Waals surface area (Å²) in [5.74, 6) is 1.49. The topological polar surface area (TPSA) is 46.8 Å². The summed E-state index contributed by atoms with van der Waals surface area (Å²) in [6, 6.07) is 20.3. The number of thioether (sulfide) groups is 1. The van der Waals surface area contributed by atoms with Gasteiger partial charge in [0.25, 0.3) is 0 Å². The molecule has 0 spiro atoms. The van der Waals surface area contributed by atoms with Crippen LogP contribution in [0, 0.1) is 0 Å². The van der Waals surface area contributed by atoms with Crippen LogP contribution in [-0.2, 0) is 0 Å². The predicted molar refractivity (Wildman–Crippen MR) is 136 cm³/mol. The molecule has 1 unspecified atom stereocenters. The van der Waals surface area contributed by atoms with E-state index in [1.54, 1.807) is 11.8 Å². The minimum absolute atomic E-state index is 0.0388. The lowest BCUT2D eigenvalue weighted by Crippen LogP contribution is -2.09. The molecule has 1 saturated carbocycles. The summed E-state index contributed by atoms with van der Waals surface area (Å²) < 4.78 is 2.20. The Kier molecular flexibility index (Phi) is 6.32. The Morgan fingerprint density at radius 2 is 1.61 bits per heavy atom. The van der Waals surface area contributed by atoms with Gasteiger partial charge in [0.05, 0.1) is 5.25 Å². The second-order valence-corrected chi connectivity index (χ2v) is 10.2. The molecule has 2 aromatic heterocycles. The van der Waals surface area contributed by atoms with Crippen molar-refractivity contribution in [1.82, 2.24) is 19.7 Å². The van der Waals surface area contributed by atoms with E-state index >= 15 is 0 Å². The first kappa shape index (κ1) is 22.3. The molecule has 5 nitrogen and oxygen atoms in total. The number of nitrogens with zero attached hydrogens (tertiary/aromatic N) is 5. The van der Waals surface area contributed by atoms with Crippen molar-refractivity contribution in [2.24, 2.45) is 0 Å². The number of aromatic nitrogens is 4. The van der Waals surface area contributed by atoms with Crippen LogP contribution in [0.15, 0.2) is 72.0 Å². The molecule has 0 aliphatic heterocycles. The van der Waals surface area contributed by atoms with Crippen LogP contribution in [-0.4, -0.2) is 33.8 Å². The van der Waals surface area contributed by atoms with Crippen LogP contribution in [0.2, 0.25) is 10.2 Å². The highest BCUT2D eigenvalue weighted by Crippen LogP contribution is 2.45. The number of hydrogen-bond donors (Lipinski definition) is 0. The molecule has 1 aliphatic carbocycles. The summed E-state index contributed by atoms with van der Waals surface area (Å²) in [4.78, 5) is 6.41. The Balaban J connectivity index is 1.57. The van der Waals surface area contributed by atoms with Gasteiger partial charge in [0, 0.05) is 42.6 Å². The Bertz CT molecular complexity index is 1190. The van der Waals surface area contributed by atoms with E-state index in [0.29, 0.717) is 16.1 Å². The zero-order chi connectivity index (χ0) is 22.9. The molecule has 1 atom stereocenters. The fourth-order valence-electron chi connectivity index (χ4n) is 3.72. The van der Waals surface area contributed by atoms with Crippen molar-refractivity contribution in [3.8, 4) is 5.69 Å². The van der Waals surface area contributed by atoms with Crippen molar-refractivity contribution in [3.05, 3.63) is 94.0 Å². The van der Waals surface area contributed by atoms with Gasteiger partial charge in [-0.1, -0.05) is 53.2 Å². The molecule has 168 valence electrons. The molecule has 2 aromatic carbocycles. The van der Waals surface area contributed by atoms with Crippen LogP contribution < -0.4 is 4.90 Å². The number of rotatable bonds is 7. The van der Waals surface area contributed by atoms with Gasteiger partial charge < -0.3 is 4.90 Å². The fraction of sp³-hybridized carbons (Fsp3) is 0.240. The minimum atomic E-state index is -0.0388. The number of hydrogen-bond acceptors (Lipinski definition) is 5. The van der Waals surface area contributed by atoms with Gasteiger partial charge in [0.2, 0.25) is 0 Å². The van der Waals surface area contributed by atoms with Crippen LogP contribution in [0.4, 0.5) is 5.69 Å². The lowest BCUT2D eigenvalue weighted by atomic mass is 10.1. The van der Waals surface area contributed by atoms with Gasteiger partial charge in [-0.15, -0.1) is 10.2 Å². The van der Waals surface area contributed by atoms with Crippen molar-refractivity contribution in [2.75, 3.05) is 19.0 Å². The van der Waals surface area contributed by atoms with E-state index in [2.05, 4.69) is 48.9 Å². The number of pyridine rings is 1. The first-order valence-corrected chi connectivity index (χ1v) is 12.4. The smallest absolute Gasteiger partial charge is 0.196 e. The zero-order valence-electron chi connectivity index (χ0n) is 18.3. The van der Waals surface area contributed by atoms with Crippen molar-refractivity contribution in [3.63, 3.8) is 0 Å². The maximum absolute atomic E-state index is 6.16. The minimum Gasteiger partial charge on any atom is -0.378 e. The monoisotopic (exact) mass is 495 g/mol. The zero-order valence-corrected chi connectivity index (χ0v) is 20.6. The van der Waals surface area contributed by atoms with Gasteiger partial charge in [-0.25, -0.2) is 4.98 Å². The molecular formula is C25H23Cl2N5S. The lowest BCUT2D eigenvalue weighted by molar-refractivity contribution is 0.827. The van der Waals surface area contributed by atoms with E-state index in [1.807, 2.05) is 56.7 Å². The Morgan fingerprint density at radius 1 is 0.909 bits per heavy atom. The Labute approximate surface area is 207 Å². The molecule has 8 heteroatoms. The highest BCUT2D eigenvalue weighted by atomic mass is 35.5. The molecule has 2 heterocycles. The van der Waals surface area contributed by atoms with Crippen LogP contribution in [0.25, 0.3) is 5.69 Å². The number of benzene rings is 2. The van der Waals surface area contributed by atoms with Gasteiger partial charge >= 0.3 is 0 Å². The van der Waals surface area contributed by atoms with Gasteiger partial charge in [-0.2, -0.15) is 0 Å². The summed E-state index contributed by atoms with van der Waals surface area (Å²) in [5.41, 5.74) is 4.37. The lowest BCUT2D eigenvalue weighted by Gasteiger charge is -2.19.